The van der Waals surface area contributed by atoms with E-state index in [1.165, 1.54) is 32.2 Å². The molecule has 1 rings (SSSR count). The average Bonchev–Trinajstić information content (AvgIpc) is 2.97. The van der Waals surface area contributed by atoms with Gasteiger partial charge in [0, 0.05) is 19.1 Å². The predicted octanol–water partition coefficient (Wildman–Crippen LogP) is 2.27. The van der Waals surface area contributed by atoms with Crippen molar-refractivity contribution in [3.8, 4) is 0 Å². The molecule has 0 bridgehead atoms. The van der Waals surface area contributed by atoms with Crippen LogP contribution in [0.3, 0.4) is 0 Å². The van der Waals surface area contributed by atoms with Crippen LogP contribution in [0.15, 0.2) is 0 Å². The van der Waals surface area contributed by atoms with Crippen LogP contribution in [0.1, 0.15) is 46.5 Å². The smallest absolute Gasteiger partial charge is 0.0558 e. The zero-order chi connectivity index (χ0) is 10.6. The first kappa shape index (κ1) is 12.0. The van der Waals surface area contributed by atoms with Crippen LogP contribution in [0.4, 0.5) is 0 Å². The van der Waals surface area contributed by atoms with Crippen molar-refractivity contribution in [1.82, 2.24) is 4.90 Å². The third kappa shape index (κ3) is 2.96. The molecule has 2 nitrogen and oxygen atoms in total. The van der Waals surface area contributed by atoms with Crippen LogP contribution in [0.5, 0.6) is 0 Å². The molecule has 1 fully saturated rings. The van der Waals surface area contributed by atoms with Gasteiger partial charge >= 0.3 is 0 Å². The summed E-state index contributed by atoms with van der Waals surface area (Å²) in [4.78, 5) is 2.45. The zero-order valence-electron chi connectivity index (χ0n) is 9.92. The molecule has 0 saturated heterocycles. The molecule has 2 heteroatoms. The fourth-order valence-corrected chi connectivity index (χ4v) is 2.07. The molecule has 1 N–H and O–H groups in total. The topological polar surface area (TPSA) is 23.5 Å². The van der Waals surface area contributed by atoms with Gasteiger partial charge in [-0.1, -0.05) is 13.8 Å². The third-order valence-corrected chi connectivity index (χ3v) is 3.85. The monoisotopic (exact) mass is 199 g/mol. The Balaban J connectivity index is 2.42. The van der Waals surface area contributed by atoms with E-state index < -0.39 is 0 Å². The highest BCUT2D eigenvalue weighted by atomic mass is 16.3. The maximum absolute atomic E-state index is 9.03. The lowest BCUT2D eigenvalue weighted by Crippen LogP contribution is -2.39. The Morgan fingerprint density at radius 3 is 2.36 bits per heavy atom. The summed E-state index contributed by atoms with van der Waals surface area (Å²) in [5.74, 6) is 0. The highest BCUT2D eigenvalue weighted by Gasteiger charge is 2.42. The Labute approximate surface area is 88.3 Å². The van der Waals surface area contributed by atoms with Crippen LogP contribution in [-0.2, 0) is 0 Å². The molecule has 1 saturated carbocycles. The summed E-state index contributed by atoms with van der Waals surface area (Å²) < 4.78 is 0. The van der Waals surface area contributed by atoms with Crippen LogP contribution >= 0.6 is 0 Å². The fraction of sp³-hybridized carbons (Fsp3) is 1.00. The second-order valence-corrected chi connectivity index (χ2v) is 4.80. The molecule has 0 heterocycles. The number of aliphatic hydroxyl groups excluding tert-OH is 1. The van der Waals surface area contributed by atoms with Gasteiger partial charge in [-0.05, 0) is 38.0 Å². The van der Waals surface area contributed by atoms with Crippen LogP contribution < -0.4 is 0 Å². The van der Waals surface area contributed by atoms with Crippen LogP contribution in [0, 0.1) is 5.41 Å². The van der Waals surface area contributed by atoms with Gasteiger partial charge in [-0.15, -0.1) is 0 Å². The lowest BCUT2D eigenvalue weighted by atomic mass is 10.0. The van der Waals surface area contributed by atoms with Crippen molar-refractivity contribution < 1.29 is 5.11 Å². The number of hydrogen-bond donors (Lipinski definition) is 1. The highest BCUT2D eigenvalue weighted by molar-refractivity contribution is 4.94. The molecule has 1 aliphatic carbocycles. The fourth-order valence-electron chi connectivity index (χ4n) is 2.07. The molecule has 84 valence electrons. The Kier molecular flexibility index (Phi) is 4.39. The second-order valence-electron chi connectivity index (χ2n) is 4.80. The predicted molar refractivity (Wildman–Crippen MR) is 60.4 cm³/mol. The first-order chi connectivity index (χ1) is 6.67. The van der Waals surface area contributed by atoms with Gasteiger partial charge in [-0.3, -0.25) is 4.90 Å². The van der Waals surface area contributed by atoms with Crippen molar-refractivity contribution in [1.29, 1.82) is 0 Å². The van der Waals surface area contributed by atoms with Gasteiger partial charge in [0.25, 0.3) is 0 Å². The highest BCUT2D eigenvalue weighted by Crippen LogP contribution is 2.49. The van der Waals surface area contributed by atoms with E-state index in [-0.39, 0.29) is 0 Å². The van der Waals surface area contributed by atoms with Crippen molar-refractivity contribution in [2.24, 2.45) is 5.41 Å². The van der Waals surface area contributed by atoms with E-state index in [4.69, 9.17) is 5.11 Å². The molecule has 1 aliphatic rings. The van der Waals surface area contributed by atoms with Gasteiger partial charge in [-0.2, -0.15) is 0 Å². The van der Waals surface area contributed by atoms with E-state index in [0.29, 0.717) is 18.1 Å². The molecule has 0 aliphatic heterocycles. The number of aliphatic hydroxyl groups is 1. The first-order valence-corrected chi connectivity index (χ1v) is 6.02. The average molecular weight is 199 g/mol. The van der Waals surface area contributed by atoms with Crippen molar-refractivity contribution in [3.05, 3.63) is 0 Å². The van der Waals surface area contributed by atoms with Gasteiger partial charge in [0.15, 0.2) is 0 Å². The molecule has 14 heavy (non-hydrogen) atoms. The number of nitrogens with zero attached hydrogens (tertiary/aromatic N) is 1. The van der Waals surface area contributed by atoms with E-state index in [1.807, 2.05) is 0 Å². The Hall–Kier alpha value is -0.0800. The third-order valence-electron chi connectivity index (χ3n) is 3.85. The summed E-state index contributed by atoms with van der Waals surface area (Å²) in [6.45, 7) is 9.11. The minimum Gasteiger partial charge on any atom is -0.395 e. The van der Waals surface area contributed by atoms with Crippen molar-refractivity contribution in [2.75, 3.05) is 19.7 Å². The molecular formula is C12H25NO. The maximum Gasteiger partial charge on any atom is 0.0558 e. The molecule has 1 atom stereocenters. The largest absolute Gasteiger partial charge is 0.395 e. The summed E-state index contributed by atoms with van der Waals surface area (Å²) in [6.07, 6.45) is 5.26. The normalized spacial score (nSPS) is 21.2. The van der Waals surface area contributed by atoms with Gasteiger partial charge < -0.3 is 5.11 Å². The second kappa shape index (κ2) is 5.13. The summed E-state index contributed by atoms with van der Waals surface area (Å²) >= 11 is 0. The number of hydrogen-bond acceptors (Lipinski definition) is 2. The Bertz CT molecular complexity index is 166. The van der Waals surface area contributed by atoms with Crippen molar-refractivity contribution in [3.63, 3.8) is 0 Å². The molecule has 0 aromatic rings. The molecular weight excluding hydrogens is 174 g/mol. The maximum atomic E-state index is 9.03. The molecule has 0 radical (unpaired) electrons. The van der Waals surface area contributed by atoms with E-state index in [9.17, 15) is 0 Å². The van der Waals surface area contributed by atoms with Gasteiger partial charge in [0.05, 0.1) is 6.61 Å². The quantitative estimate of drug-likeness (QED) is 0.680. The minimum absolute atomic E-state index is 0.296. The summed E-state index contributed by atoms with van der Waals surface area (Å²) in [7, 11) is 0. The minimum atomic E-state index is 0.296. The zero-order valence-corrected chi connectivity index (χ0v) is 9.92. The van der Waals surface area contributed by atoms with Crippen LogP contribution in [0.25, 0.3) is 0 Å². The summed E-state index contributed by atoms with van der Waals surface area (Å²) in [6, 6.07) is 0.617. The van der Waals surface area contributed by atoms with Crippen LogP contribution in [-0.4, -0.2) is 35.7 Å². The van der Waals surface area contributed by atoms with Gasteiger partial charge in [0.1, 0.15) is 0 Å². The standard InChI is InChI=1S/C12H25NO/c1-4-11(3)13(8-9-14)10-12(5-2)6-7-12/h11,14H,4-10H2,1-3H3/t11-/m1/s1. The molecule has 0 aromatic heterocycles. The lowest BCUT2D eigenvalue weighted by molar-refractivity contribution is 0.127. The Morgan fingerprint density at radius 2 is 2.00 bits per heavy atom. The molecule has 0 unspecified atom stereocenters. The molecule has 0 amide bonds. The van der Waals surface area contributed by atoms with E-state index in [0.717, 1.165) is 6.54 Å². The van der Waals surface area contributed by atoms with E-state index in [2.05, 4.69) is 25.7 Å². The Morgan fingerprint density at radius 1 is 1.36 bits per heavy atom. The van der Waals surface area contributed by atoms with Gasteiger partial charge in [0.2, 0.25) is 0 Å². The van der Waals surface area contributed by atoms with Crippen LogP contribution in [0.2, 0.25) is 0 Å². The summed E-state index contributed by atoms with van der Waals surface area (Å²) in [5, 5.41) is 9.03. The summed E-state index contributed by atoms with van der Waals surface area (Å²) in [5.41, 5.74) is 0.610. The van der Waals surface area contributed by atoms with Gasteiger partial charge in [-0.25, -0.2) is 0 Å². The van der Waals surface area contributed by atoms with Crippen molar-refractivity contribution >= 4 is 0 Å². The first-order valence-electron chi connectivity index (χ1n) is 6.02. The van der Waals surface area contributed by atoms with Crippen molar-refractivity contribution in [2.45, 2.75) is 52.5 Å². The lowest BCUT2D eigenvalue weighted by Gasteiger charge is -2.31. The van der Waals surface area contributed by atoms with E-state index >= 15 is 0 Å². The van der Waals surface area contributed by atoms with E-state index in [1.54, 1.807) is 0 Å². The molecule has 0 spiro atoms. The SMILES string of the molecule is CC[C@@H](C)N(CCO)CC1(CC)CC1. The number of rotatable bonds is 7. The molecule has 0 aromatic carbocycles.